The van der Waals surface area contributed by atoms with Crippen molar-refractivity contribution in [2.45, 2.75) is 24.8 Å². The van der Waals surface area contributed by atoms with Crippen LogP contribution in [0.4, 0.5) is 10.1 Å². The first-order valence-electron chi connectivity index (χ1n) is 5.94. The molecule has 6 heteroatoms. The standard InChI is InChI=1S/C13H15FN2O3/c1-19-12(18)13(5-2-6-13)16-8-3-4-9(11(15)17)10(14)7-8/h3-4,7,16H,2,5-6H2,1H3,(H2,15,17). The van der Waals surface area contributed by atoms with Crippen molar-refractivity contribution >= 4 is 17.6 Å². The number of carbonyl (C=O) groups is 2. The first kappa shape index (κ1) is 13.3. The number of primary amides is 1. The average Bonchev–Trinajstić information content (AvgIpc) is 2.32. The second-order valence-electron chi connectivity index (χ2n) is 4.61. The Balaban J connectivity index is 2.22. The second kappa shape index (κ2) is 4.87. The van der Waals surface area contributed by atoms with E-state index in [0.717, 1.165) is 12.5 Å². The molecular formula is C13H15FN2O3. The highest BCUT2D eigenvalue weighted by atomic mass is 19.1. The minimum Gasteiger partial charge on any atom is -0.467 e. The summed E-state index contributed by atoms with van der Waals surface area (Å²) in [4.78, 5) is 22.7. The fourth-order valence-electron chi connectivity index (χ4n) is 2.17. The van der Waals surface area contributed by atoms with E-state index in [9.17, 15) is 14.0 Å². The van der Waals surface area contributed by atoms with E-state index >= 15 is 0 Å². The van der Waals surface area contributed by atoms with Crippen molar-refractivity contribution in [3.8, 4) is 0 Å². The molecular weight excluding hydrogens is 251 g/mol. The van der Waals surface area contributed by atoms with Crippen LogP contribution in [0.15, 0.2) is 18.2 Å². The zero-order valence-electron chi connectivity index (χ0n) is 10.5. The van der Waals surface area contributed by atoms with Crippen molar-refractivity contribution in [3.05, 3.63) is 29.6 Å². The Hall–Kier alpha value is -2.11. The lowest BCUT2D eigenvalue weighted by Gasteiger charge is -2.40. The van der Waals surface area contributed by atoms with Crippen LogP contribution in [0.1, 0.15) is 29.6 Å². The van der Waals surface area contributed by atoms with Crippen molar-refractivity contribution in [3.63, 3.8) is 0 Å². The zero-order chi connectivity index (χ0) is 14.0. The van der Waals surface area contributed by atoms with Crippen molar-refractivity contribution < 1.29 is 18.7 Å². The average molecular weight is 266 g/mol. The molecule has 0 bridgehead atoms. The van der Waals surface area contributed by atoms with E-state index in [4.69, 9.17) is 10.5 Å². The molecule has 1 aromatic carbocycles. The third kappa shape index (κ3) is 2.38. The zero-order valence-corrected chi connectivity index (χ0v) is 10.5. The third-order valence-electron chi connectivity index (χ3n) is 3.40. The van der Waals surface area contributed by atoms with Gasteiger partial charge in [-0.05, 0) is 37.5 Å². The van der Waals surface area contributed by atoms with Crippen molar-refractivity contribution in [1.29, 1.82) is 0 Å². The summed E-state index contributed by atoms with van der Waals surface area (Å²) in [5.74, 6) is -1.90. The van der Waals surface area contributed by atoms with Crippen LogP contribution in [0, 0.1) is 5.82 Å². The number of esters is 1. The molecule has 1 aromatic rings. The van der Waals surface area contributed by atoms with E-state index in [2.05, 4.69) is 5.32 Å². The van der Waals surface area contributed by atoms with E-state index in [-0.39, 0.29) is 11.5 Å². The van der Waals surface area contributed by atoms with Gasteiger partial charge in [0.1, 0.15) is 11.4 Å². The number of methoxy groups -OCH3 is 1. The van der Waals surface area contributed by atoms with Crippen LogP contribution in [0.2, 0.25) is 0 Å². The fraction of sp³-hybridized carbons (Fsp3) is 0.385. The molecule has 1 fully saturated rings. The number of benzene rings is 1. The lowest BCUT2D eigenvalue weighted by Crippen LogP contribution is -2.52. The van der Waals surface area contributed by atoms with Crippen molar-refractivity contribution in [2.75, 3.05) is 12.4 Å². The topological polar surface area (TPSA) is 81.4 Å². The third-order valence-corrected chi connectivity index (χ3v) is 3.40. The van der Waals surface area contributed by atoms with Gasteiger partial charge in [-0.25, -0.2) is 9.18 Å². The molecule has 0 spiro atoms. The highest BCUT2D eigenvalue weighted by Gasteiger charge is 2.45. The summed E-state index contributed by atoms with van der Waals surface area (Å²) in [6.45, 7) is 0. The van der Waals surface area contributed by atoms with Gasteiger partial charge in [0.15, 0.2) is 0 Å². The Kier molecular flexibility index (Phi) is 3.42. The van der Waals surface area contributed by atoms with Crippen LogP contribution >= 0.6 is 0 Å². The Morgan fingerprint density at radius 2 is 2.11 bits per heavy atom. The molecule has 0 unspecified atom stereocenters. The van der Waals surface area contributed by atoms with Gasteiger partial charge in [0.25, 0.3) is 5.91 Å². The quantitative estimate of drug-likeness (QED) is 0.808. The summed E-state index contributed by atoms with van der Waals surface area (Å²) >= 11 is 0. The van der Waals surface area contributed by atoms with Crippen LogP contribution in [-0.4, -0.2) is 24.5 Å². The summed E-state index contributed by atoms with van der Waals surface area (Å²) in [6, 6.07) is 3.97. The number of anilines is 1. The number of ether oxygens (including phenoxy) is 1. The van der Waals surface area contributed by atoms with E-state index in [1.807, 2.05) is 0 Å². The van der Waals surface area contributed by atoms with Gasteiger partial charge < -0.3 is 15.8 Å². The number of carbonyl (C=O) groups excluding carboxylic acids is 2. The summed E-state index contributed by atoms with van der Waals surface area (Å²) < 4.78 is 18.4. The Bertz CT molecular complexity index is 527. The predicted molar refractivity (Wildman–Crippen MR) is 67.1 cm³/mol. The maximum absolute atomic E-state index is 13.6. The Morgan fingerprint density at radius 1 is 1.42 bits per heavy atom. The van der Waals surface area contributed by atoms with E-state index < -0.39 is 17.3 Å². The number of halogens is 1. The van der Waals surface area contributed by atoms with Crippen LogP contribution in [0.3, 0.4) is 0 Å². The van der Waals surface area contributed by atoms with Gasteiger partial charge in [0.05, 0.1) is 12.7 Å². The maximum Gasteiger partial charge on any atom is 0.331 e. The molecule has 102 valence electrons. The van der Waals surface area contributed by atoms with Crippen LogP contribution < -0.4 is 11.1 Å². The van der Waals surface area contributed by atoms with E-state index in [0.29, 0.717) is 18.5 Å². The molecule has 0 aromatic heterocycles. The van der Waals surface area contributed by atoms with Gasteiger partial charge in [-0.2, -0.15) is 0 Å². The van der Waals surface area contributed by atoms with Crippen LogP contribution in [0.25, 0.3) is 0 Å². The number of rotatable bonds is 4. The predicted octanol–water partition coefficient (Wildman–Crippen LogP) is 1.43. The maximum atomic E-state index is 13.6. The number of nitrogens with one attached hydrogen (secondary N) is 1. The fourth-order valence-corrected chi connectivity index (χ4v) is 2.17. The van der Waals surface area contributed by atoms with Crippen molar-refractivity contribution in [1.82, 2.24) is 0 Å². The number of amides is 1. The van der Waals surface area contributed by atoms with E-state index in [1.165, 1.54) is 19.2 Å². The summed E-state index contributed by atoms with van der Waals surface area (Å²) in [5, 5.41) is 2.98. The minimum absolute atomic E-state index is 0.175. The monoisotopic (exact) mass is 266 g/mol. The normalized spacial score (nSPS) is 16.3. The second-order valence-corrected chi connectivity index (χ2v) is 4.61. The molecule has 0 atom stereocenters. The number of hydrogen-bond acceptors (Lipinski definition) is 4. The summed E-state index contributed by atoms with van der Waals surface area (Å²) in [7, 11) is 1.32. The molecule has 1 amide bonds. The van der Waals surface area contributed by atoms with Gasteiger partial charge in [-0.1, -0.05) is 0 Å². The number of hydrogen-bond donors (Lipinski definition) is 2. The Morgan fingerprint density at radius 3 is 2.53 bits per heavy atom. The molecule has 0 radical (unpaired) electrons. The highest BCUT2D eigenvalue weighted by Crippen LogP contribution is 2.36. The molecule has 0 heterocycles. The molecule has 1 aliphatic carbocycles. The SMILES string of the molecule is COC(=O)C1(Nc2ccc(C(N)=O)c(F)c2)CCC1. The van der Waals surface area contributed by atoms with E-state index in [1.54, 1.807) is 0 Å². The molecule has 19 heavy (non-hydrogen) atoms. The van der Waals surface area contributed by atoms with Gasteiger partial charge in [0, 0.05) is 5.69 Å². The van der Waals surface area contributed by atoms with Gasteiger partial charge in [0.2, 0.25) is 0 Å². The summed E-state index contributed by atoms with van der Waals surface area (Å²) in [6.07, 6.45) is 2.18. The number of nitrogens with two attached hydrogens (primary N) is 1. The van der Waals surface area contributed by atoms with Gasteiger partial charge in [-0.3, -0.25) is 4.79 Å². The highest BCUT2D eigenvalue weighted by molar-refractivity contribution is 5.93. The molecule has 3 N–H and O–H groups in total. The molecule has 5 nitrogen and oxygen atoms in total. The smallest absolute Gasteiger partial charge is 0.331 e. The molecule has 1 saturated carbocycles. The van der Waals surface area contributed by atoms with Gasteiger partial charge in [-0.15, -0.1) is 0 Å². The molecule has 0 saturated heterocycles. The van der Waals surface area contributed by atoms with Crippen molar-refractivity contribution in [2.24, 2.45) is 5.73 Å². The first-order chi connectivity index (χ1) is 8.98. The lowest BCUT2D eigenvalue weighted by atomic mass is 9.76. The minimum atomic E-state index is -0.824. The summed E-state index contributed by atoms with van der Waals surface area (Å²) in [5.41, 5.74) is 4.49. The molecule has 0 aliphatic heterocycles. The largest absolute Gasteiger partial charge is 0.467 e. The first-order valence-corrected chi connectivity index (χ1v) is 5.94. The van der Waals surface area contributed by atoms with Gasteiger partial charge >= 0.3 is 5.97 Å². The molecule has 1 aliphatic rings. The van der Waals surface area contributed by atoms with Crippen LogP contribution in [0.5, 0.6) is 0 Å². The Labute approximate surface area is 109 Å². The molecule has 2 rings (SSSR count). The van der Waals surface area contributed by atoms with Crippen LogP contribution in [-0.2, 0) is 9.53 Å². The lowest BCUT2D eigenvalue weighted by molar-refractivity contribution is -0.149.